The SMILES string of the molecule is CN1CCN(c2ccc3c(c2)OC2(CCN(C4CCC4)CC2)C3)CC1. The number of piperidine rings is 1. The monoisotopic (exact) mass is 341 g/mol. The summed E-state index contributed by atoms with van der Waals surface area (Å²) in [4.78, 5) is 7.63. The van der Waals surface area contributed by atoms with Gasteiger partial charge in [0.1, 0.15) is 11.4 Å². The Labute approximate surface area is 151 Å². The third-order valence-corrected chi connectivity index (χ3v) is 7.06. The number of fused-ring (bicyclic) bond motifs is 1. The van der Waals surface area contributed by atoms with Crippen LogP contribution in [0.25, 0.3) is 0 Å². The maximum Gasteiger partial charge on any atom is 0.125 e. The molecule has 1 aliphatic carbocycles. The van der Waals surface area contributed by atoms with Crippen LogP contribution in [0.4, 0.5) is 5.69 Å². The molecule has 5 rings (SSSR count). The highest BCUT2D eigenvalue weighted by Crippen LogP contribution is 2.43. The molecule has 3 heterocycles. The molecule has 4 heteroatoms. The first kappa shape index (κ1) is 16.0. The summed E-state index contributed by atoms with van der Waals surface area (Å²) in [6.07, 6.45) is 7.78. The molecule has 0 atom stereocenters. The van der Waals surface area contributed by atoms with E-state index in [9.17, 15) is 0 Å². The van der Waals surface area contributed by atoms with Gasteiger partial charge < -0.3 is 19.4 Å². The van der Waals surface area contributed by atoms with E-state index in [0.29, 0.717) is 0 Å². The van der Waals surface area contributed by atoms with Crippen molar-refractivity contribution in [3.63, 3.8) is 0 Å². The first-order valence-corrected chi connectivity index (χ1v) is 10.2. The zero-order valence-electron chi connectivity index (χ0n) is 15.5. The Morgan fingerprint density at radius 3 is 2.44 bits per heavy atom. The van der Waals surface area contributed by atoms with Crippen molar-refractivity contribution in [2.45, 2.75) is 50.2 Å². The quantitative estimate of drug-likeness (QED) is 0.823. The van der Waals surface area contributed by atoms with Crippen LogP contribution in [0.15, 0.2) is 18.2 Å². The number of rotatable bonds is 2. The summed E-state index contributed by atoms with van der Waals surface area (Å²) in [5.41, 5.74) is 2.86. The molecular formula is C21H31N3O. The third kappa shape index (κ3) is 2.93. The lowest BCUT2D eigenvalue weighted by Gasteiger charge is -2.45. The van der Waals surface area contributed by atoms with Crippen LogP contribution < -0.4 is 9.64 Å². The minimum absolute atomic E-state index is 0.0866. The predicted octanol–water partition coefficient (Wildman–Crippen LogP) is 2.76. The Balaban J connectivity index is 1.26. The van der Waals surface area contributed by atoms with Crippen molar-refractivity contribution >= 4 is 5.69 Å². The van der Waals surface area contributed by atoms with Gasteiger partial charge in [0.05, 0.1) is 0 Å². The zero-order chi connectivity index (χ0) is 16.9. The lowest BCUT2D eigenvalue weighted by molar-refractivity contribution is -0.00745. The maximum atomic E-state index is 6.60. The molecular weight excluding hydrogens is 310 g/mol. The van der Waals surface area contributed by atoms with Gasteiger partial charge in [0.2, 0.25) is 0 Å². The molecule has 25 heavy (non-hydrogen) atoms. The largest absolute Gasteiger partial charge is 0.486 e. The first-order valence-electron chi connectivity index (χ1n) is 10.2. The molecule has 1 aromatic rings. The van der Waals surface area contributed by atoms with E-state index >= 15 is 0 Å². The highest BCUT2D eigenvalue weighted by atomic mass is 16.5. The Hall–Kier alpha value is -1.26. The molecule has 0 bridgehead atoms. The van der Waals surface area contributed by atoms with Crippen molar-refractivity contribution in [2.75, 3.05) is 51.2 Å². The van der Waals surface area contributed by atoms with Crippen LogP contribution in [0.3, 0.4) is 0 Å². The van der Waals surface area contributed by atoms with Gasteiger partial charge >= 0.3 is 0 Å². The summed E-state index contributed by atoms with van der Waals surface area (Å²) in [5, 5.41) is 0. The van der Waals surface area contributed by atoms with E-state index in [1.807, 2.05) is 0 Å². The molecule has 1 spiro atoms. The molecule has 0 N–H and O–H groups in total. The zero-order valence-corrected chi connectivity index (χ0v) is 15.5. The van der Waals surface area contributed by atoms with Gasteiger partial charge in [-0.2, -0.15) is 0 Å². The Kier molecular flexibility index (Phi) is 3.94. The summed E-state index contributed by atoms with van der Waals surface area (Å²) in [6.45, 7) is 7.00. The molecule has 0 aromatic heterocycles. The maximum absolute atomic E-state index is 6.60. The van der Waals surface area contributed by atoms with Gasteiger partial charge in [-0.05, 0) is 31.5 Å². The van der Waals surface area contributed by atoms with Gasteiger partial charge in [-0.25, -0.2) is 0 Å². The molecule has 4 nitrogen and oxygen atoms in total. The molecule has 0 unspecified atom stereocenters. The van der Waals surface area contributed by atoms with Crippen LogP contribution in [0.5, 0.6) is 5.75 Å². The standard InChI is InChI=1S/C21H31N3O/c1-22-11-13-24(14-12-22)19-6-5-17-16-21(25-20(17)15-19)7-9-23(10-8-21)18-3-2-4-18/h5-6,15,18H,2-4,7-14,16H2,1H3. The lowest BCUT2D eigenvalue weighted by atomic mass is 9.84. The number of benzene rings is 1. The minimum atomic E-state index is 0.0866. The normalized spacial score (nSPS) is 27.2. The second-order valence-corrected chi connectivity index (χ2v) is 8.66. The molecule has 3 aliphatic heterocycles. The van der Waals surface area contributed by atoms with Gasteiger partial charge in [0, 0.05) is 76.3 Å². The topological polar surface area (TPSA) is 19.0 Å². The third-order valence-electron chi connectivity index (χ3n) is 7.06. The second kappa shape index (κ2) is 6.17. The Morgan fingerprint density at radius 2 is 1.76 bits per heavy atom. The van der Waals surface area contributed by atoms with Crippen LogP contribution in [-0.4, -0.2) is 67.8 Å². The van der Waals surface area contributed by atoms with Gasteiger partial charge in [-0.1, -0.05) is 12.5 Å². The van der Waals surface area contributed by atoms with E-state index in [-0.39, 0.29) is 5.60 Å². The average molecular weight is 341 g/mol. The van der Waals surface area contributed by atoms with Crippen LogP contribution in [0.1, 0.15) is 37.7 Å². The van der Waals surface area contributed by atoms with Crippen molar-refractivity contribution in [3.8, 4) is 5.75 Å². The smallest absolute Gasteiger partial charge is 0.125 e. The van der Waals surface area contributed by atoms with Gasteiger partial charge in [0.25, 0.3) is 0 Å². The van der Waals surface area contributed by atoms with E-state index in [4.69, 9.17) is 4.74 Å². The predicted molar refractivity (Wildman–Crippen MR) is 102 cm³/mol. The summed E-state index contributed by atoms with van der Waals surface area (Å²) >= 11 is 0. The van der Waals surface area contributed by atoms with Crippen LogP contribution in [0.2, 0.25) is 0 Å². The fraction of sp³-hybridized carbons (Fsp3) is 0.714. The van der Waals surface area contributed by atoms with E-state index in [0.717, 1.165) is 44.4 Å². The summed E-state index contributed by atoms with van der Waals surface area (Å²) in [5.74, 6) is 1.16. The number of hydrogen-bond donors (Lipinski definition) is 0. The summed E-state index contributed by atoms with van der Waals surface area (Å²) < 4.78 is 6.60. The second-order valence-electron chi connectivity index (χ2n) is 8.66. The lowest BCUT2D eigenvalue weighted by Crippen LogP contribution is -2.52. The first-order chi connectivity index (χ1) is 12.2. The van der Waals surface area contributed by atoms with Crippen molar-refractivity contribution < 1.29 is 4.74 Å². The molecule has 1 aromatic carbocycles. The summed E-state index contributed by atoms with van der Waals surface area (Å²) in [6, 6.07) is 7.84. The van der Waals surface area contributed by atoms with Crippen LogP contribution in [-0.2, 0) is 6.42 Å². The van der Waals surface area contributed by atoms with E-state index in [1.54, 1.807) is 0 Å². The molecule has 3 fully saturated rings. The van der Waals surface area contributed by atoms with Crippen LogP contribution in [0, 0.1) is 0 Å². The minimum Gasteiger partial charge on any atom is -0.486 e. The Morgan fingerprint density at radius 1 is 1.00 bits per heavy atom. The number of likely N-dealkylation sites (tertiary alicyclic amines) is 1. The summed E-state index contributed by atoms with van der Waals surface area (Å²) in [7, 11) is 2.21. The highest BCUT2D eigenvalue weighted by molar-refractivity contribution is 5.56. The number of likely N-dealkylation sites (N-methyl/N-ethyl adjacent to an activating group) is 1. The van der Waals surface area contributed by atoms with E-state index in [2.05, 4.69) is 39.9 Å². The van der Waals surface area contributed by atoms with Gasteiger partial charge in [-0.3, -0.25) is 0 Å². The number of hydrogen-bond acceptors (Lipinski definition) is 4. The molecule has 1 saturated carbocycles. The number of nitrogens with zero attached hydrogens (tertiary/aromatic N) is 3. The highest BCUT2D eigenvalue weighted by Gasteiger charge is 2.43. The fourth-order valence-corrected chi connectivity index (χ4v) is 4.99. The number of piperazine rings is 1. The average Bonchev–Trinajstić information content (AvgIpc) is 2.93. The number of ether oxygens (including phenoxy) is 1. The van der Waals surface area contributed by atoms with Crippen molar-refractivity contribution in [2.24, 2.45) is 0 Å². The van der Waals surface area contributed by atoms with Crippen molar-refractivity contribution in [1.82, 2.24) is 9.80 Å². The van der Waals surface area contributed by atoms with Gasteiger partial charge in [-0.15, -0.1) is 0 Å². The molecule has 0 radical (unpaired) electrons. The van der Waals surface area contributed by atoms with Crippen molar-refractivity contribution in [1.29, 1.82) is 0 Å². The molecule has 0 amide bonds. The van der Waals surface area contributed by atoms with E-state index in [1.165, 1.54) is 56.4 Å². The van der Waals surface area contributed by atoms with Crippen LogP contribution >= 0.6 is 0 Å². The van der Waals surface area contributed by atoms with Crippen molar-refractivity contribution in [3.05, 3.63) is 23.8 Å². The molecule has 136 valence electrons. The molecule has 4 aliphatic rings. The fourth-order valence-electron chi connectivity index (χ4n) is 4.99. The van der Waals surface area contributed by atoms with E-state index < -0.39 is 0 Å². The van der Waals surface area contributed by atoms with Gasteiger partial charge in [0.15, 0.2) is 0 Å². The molecule has 2 saturated heterocycles. The number of anilines is 1. The Bertz CT molecular complexity index is 626.